The lowest BCUT2D eigenvalue weighted by atomic mass is 10.2. The summed E-state index contributed by atoms with van der Waals surface area (Å²) in [5, 5.41) is 3.02. The molecule has 30 heavy (non-hydrogen) atoms. The second-order valence-corrected chi connectivity index (χ2v) is 8.13. The Morgan fingerprint density at radius 1 is 1.17 bits per heavy atom. The van der Waals surface area contributed by atoms with Crippen LogP contribution in [-0.4, -0.2) is 29.6 Å². The lowest BCUT2D eigenvalue weighted by molar-refractivity contribution is -0.128. The molecule has 1 unspecified atom stereocenters. The van der Waals surface area contributed by atoms with Gasteiger partial charge in [0.25, 0.3) is 11.8 Å². The third-order valence-electron chi connectivity index (χ3n) is 3.62. The van der Waals surface area contributed by atoms with Crippen LogP contribution in [0.2, 0.25) is 10.0 Å². The van der Waals surface area contributed by atoms with Crippen molar-refractivity contribution in [1.82, 2.24) is 16.2 Å². The van der Waals surface area contributed by atoms with Crippen LogP contribution in [0.3, 0.4) is 0 Å². The fourth-order valence-corrected chi connectivity index (χ4v) is 2.95. The van der Waals surface area contributed by atoms with Crippen molar-refractivity contribution in [3.63, 3.8) is 0 Å². The van der Waals surface area contributed by atoms with E-state index < -0.39 is 17.9 Å². The monoisotopic (exact) mass is 533 g/mol. The molecule has 0 aromatic heterocycles. The zero-order chi connectivity index (χ0) is 22.3. The molecular formula is C19H18BrCl2N3O4S. The highest BCUT2D eigenvalue weighted by atomic mass is 79.9. The highest BCUT2D eigenvalue weighted by molar-refractivity contribution is 9.10. The summed E-state index contributed by atoms with van der Waals surface area (Å²) in [6.45, 7) is 3.19. The number of thiocarbonyl (C=S) groups is 1. The van der Waals surface area contributed by atoms with E-state index in [1.807, 2.05) is 13.0 Å². The molecule has 0 radical (unpaired) electrons. The first-order valence-corrected chi connectivity index (χ1v) is 10.5. The topological polar surface area (TPSA) is 88.7 Å². The molecule has 0 aliphatic carbocycles. The van der Waals surface area contributed by atoms with Crippen LogP contribution in [0.15, 0.2) is 40.9 Å². The van der Waals surface area contributed by atoms with E-state index in [1.165, 1.54) is 13.0 Å². The van der Waals surface area contributed by atoms with Gasteiger partial charge in [-0.2, -0.15) is 0 Å². The fraction of sp³-hybridized carbons (Fsp3) is 0.211. The van der Waals surface area contributed by atoms with Crippen LogP contribution in [0.1, 0.15) is 12.5 Å². The molecule has 0 spiro atoms. The second kappa shape index (κ2) is 11.4. The van der Waals surface area contributed by atoms with E-state index in [1.54, 1.807) is 24.3 Å². The number of hydrogen-bond donors (Lipinski definition) is 3. The number of nitrogens with one attached hydrogen (secondary N) is 3. The lowest BCUT2D eigenvalue weighted by Gasteiger charge is -2.17. The maximum absolute atomic E-state index is 12.1. The number of hydrazine groups is 1. The van der Waals surface area contributed by atoms with Crippen LogP contribution in [0.25, 0.3) is 0 Å². The molecule has 0 heterocycles. The number of hydrogen-bond acceptors (Lipinski definition) is 5. The second-order valence-electron chi connectivity index (χ2n) is 6.03. The molecule has 11 heteroatoms. The molecule has 0 aliphatic rings. The van der Waals surface area contributed by atoms with Gasteiger partial charge >= 0.3 is 0 Å². The average Bonchev–Trinajstić information content (AvgIpc) is 2.69. The van der Waals surface area contributed by atoms with Gasteiger partial charge in [-0.3, -0.25) is 25.8 Å². The molecule has 3 N–H and O–H groups in total. The van der Waals surface area contributed by atoms with E-state index in [-0.39, 0.29) is 16.7 Å². The van der Waals surface area contributed by atoms with Crippen molar-refractivity contribution in [3.05, 3.63) is 56.5 Å². The Kier molecular flexibility index (Phi) is 9.16. The zero-order valence-corrected chi connectivity index (χ0v) is 19.8. The van der Waals surface area contributed by atoms with E-state index in [0.29, 0.717) is 16.5 Å². The number of amides is 2. The van der Waals surface area contributed by atoms with Crippen molar-refractivity contribution in [2.45, 2.75) is 20.0 Å². The van der Waals surface area contributed by atoms with Gasteiger partial charge in [0.2, 0.25) is 0 Å². The Morgan fingerprint density at radius 2 is 1.90 bits per heavy atom. The fourth-order valence-electron chi connectivity index (χ4n) is 2.08. The summed E-state index contributed by atoms with van der Waals surface area (Å²) in [6, 6.07) is 10.00. The predicted octanol–water partition coefficient (Wildman–Crippen LogP) is 3.93. The van der Waals surface area contributed by atoms with E-state index >= 15 is 0 Å². The van der Waals surface area contributed by atoms with Crippen LogP contribution >= 0.6 is 51.3 Å². The lowest BCUT2D eigenvalue weighted by Crippen LogP contribution is -2.52. The van der Waals surface area contributed by atoms with Crippen LogP contribution < -0.4 is 25.6 Å². The van der Waals surface area contributed by atoms with E-state index in [0.717, 1.165) is 10.0 Å². The number of carbonyl (C=O) groups is 2. The molecular weight excluding hydrogens is 517 g/mol. The summed E-state index contributed by atoms with van der Waals surface area (Å²) in [5.41, 5.74) is 5.74. The van der Waals surface area contributed by atoms with Gasteiger partial charge in [0.05, 0.1) is 5.02 Å². The van der Waals surface area contributed by atoms with Crippen LogP contribution in [0, 0.1) is 6.92 Å². The number of ether oxygens (including phenoxy) is 2. The van der Waals surface area contributed by atoms with Crippen molar-refractivity contribution in [1.29, 1.82) is 0 Å². The first-order valence-electron chi connectivity index (χ1n) is 8.56. The number of rotatable bonds is 6. The summed E-state index contributed by atoms with van der Waals surface area (Å²) in [4.78, 5) is 24.0. The maximum Gasteiger partial charge on any atom is 0.279 e. The molecule has 0 bridgehead atoms. The van der Waals surface area contributed by atoms with Gasteiger partial charge < -0.3 is 9.47 Å². The Labute approximate surface area is 197 Å². The molecule has 1 atom stereocenters. The summed E-state index contributed by atoms with van der Waals surface area (Å²) in [6.07, 6.45) is -0.890. The SMILES string of the molecule is Cc1cc(OCC(=O)NC(=S)NNC(=O)C(C)Oc2ccc(Cl)cc2Cl)ccc1Br. The Morgan fingerprint density at radius 3 is 2.57 bits per heavy atom. The van der Waals surface area contributed by atoms with Crippen LogP contribution in [0.5, 0.6) is 11.5 Å². The molecule has 2 amide bonds. The third-order valence-corrected chi connectivity index (χ3v) is 5.24. The first-order chi connectivity index (χ1) is 14.2. The molecule has 0 saturated carbocycles. The van der Waals surface area contributed by atoms with Gasteiger partial charge in [-0.1, -0.05) is 39.1 Å². The normalized spacial score (nSPS) is 11.2. The highest BCUT2D eigenvalue weighted by Gasteiger charge is 2.17. The molecule has 7 nitrogen and oxygen atoms in total. The molecule has 0 saturated heterocycles. The van der Waals surface area contributed by atoms with E-state index in [4.69, 9.17) is 44.9 Å². The summed E-state index contributed by atoms with van der Waals surface area (Å²) < 4.78 is 11.8. The summed E-state index contributed by atoms with van der Waals surface area (Å²) >= 11 is 20.2. The number of halogens is 3. The predicted molar refractivity (Wildman–Crippen MR) is 123 cm³/mol. The molecule has 2 aromatic carbocycles. The molecule has 0 aliphatic heterocycles. The van der Waals surface area contributed by atoms with Gasteiger partial charge in [-0.25, -0.2) is 0 Å². The third kappa shape index (κ3) is 7.64. The van der Waals surface area contributed by atoms with Gasteiger partial charge in [-0.15, -0.1) is 0 Å². The minimum Gasteiger partial charge on any atom is -0.484 e. The zero-order valence-electron chi connectivity index (χ0n) is 15.9. The first kappa shape index (κ1) is 24.2. The van der Waals surface area contributed by atoms with Gasteiger partial charge in [-0.05, 0) is 68.0 Å². The minimum atomic E-state index is -0.890. The van der Waals surface area contributed by atoms with Crippen molar-refractivity contribution in [2.75, 3.05) is 6.61 Å². The Hall–Kier alpha value is -2.07. The number of benzene rings is 2. The highest BCUT2D eigenvalue weighted by Crippen LogP contribution is 2.28. The van der Waals surface area contributed by atoms with Gasteiger partial charge in [0, 0.05) is 9.50 Å². The van der Waals surface area contributed by atoms with Crippen molar-refractivity contribution < 1.29 is 19.1 Å². The molecule has 2 aromatic rings. The maximum atomic E-state index is 12.1. The Bertz CT molecular complexity index is 961. The number of aryl methyl sites for hydroxylation is 1. The standard InChI is InChI=1S/C19H18BrCl2N3O4S/c1-10-7-13(4-5-14(10)20)28-9-17(26)23-19(30)25-24-18(27)11(2)29-16-6-3-12(21)8-15(16)22/h3-8,11H,9H2,1-2H3,(H,24,27)(H2,23,25,26,30). The van der Waals surface area contributed by atoms with Gasteiger partial charge in [0.1, 0.15) is 11.5 Å². The average molecular weight is 535 g/mol. The minimum absolute atomic E-state index is 0.0966. The van der Waals surface area contributed by atoms with Crippen LogP contribution in [-0.2, 0) is 9.59 Å². The smallest absolute Gasteiger partial charge is 0.279 e. The molecule has 0 fully saturated rings. The van der Waals surface area contributed by atoms with Crippen LogP contribution in [0.4, 0.5) is 0 Å². The van der Waals surface area contributed by atoms with Crippen molar-refractivity contribution in [3.8, 4) is 11.5 Å². The Balaban J connectivity index is 1.73. The number of carbonyl (C=O) groups excluding carboxylic acids is 2. The summed E-state index contributed by atoms with van der Waals surface area (Å²) in [5.74, 6) is -0.163. The van der Waals surface area contributed by atoms with E-state index in [9.17, 15) is 9.59 Å². The van der Waals surface area contributed by atoms with E-state index in [2.05, 4.69) is 32.1 Å². The molecule has 160 valence electrons. The van der Waals surface area contributed by atoms with Crippen molar-refractivity contribution >= 4 is 68.3 Å². The largest absolute Gasteiger partial charge is 0.484 e. The quantitative estimate of drug-likeness (QED) is 0.384. The van der Waals surface area contributed by atoms with Gasteiger partial charge in [0.15, 0.2) is 17.8 Å². The molecule has 2 rings (SSSR count). The van der Waals surface area contributed by atoms with Crippen molar-refractivity contribution in [2.24, 2.45) is 0 Å². The summed E-state index contributed by atoms with van der Waals surface area (Å²) in [7, 11) is 0.